The van der Waals surface area contributed by atoms with Gasteiger partial charge in [0.2, 0.25) is 5.91 Å². The number of nitrogens with one attached hydrogen (secondary N) is 1. The van der Waals surface area contributed by atoms with Crippen LogP contribution < -0.4 is 16.0 Å². The molecule has 0 radical (unpaired) electrons. The van der Waals surface area contributed by atoms with Crippen LogP contribution in [0.15, 0.2) is 47.5 Å². The van der Waals surface area contributed by atoms with Crippen molar-refractivity contribution < 1.29 is 4.79 Å². The second kappa shape index (κ2) is 8.97. The van der Waals surface area contributed by atoms with Gasteiger partial charge in [0.25, 0.3) is 0 Å². The zero-order valence-corrected chi connectivity index (χ0v) is 17.0. The van der Waals surface area contributed by atoms with Gasteiger partial charge in [0.15, 0.2) is 5.96 Å². The zero-order valence-electron chi connectivity index (χ0n) is 16.3. The molecule has 28 heavy (non-hydrogen) atoms. The largest absolute Gasteiger partial charge is 0.370 e. The average molecular weight is 400 g/mol. The van der Waals surface area contributed by atoms with Crippen molar-refractivity contribution in [2.45, 2.75) is 13.8 Å². The van der Waals surface area contributed by atoms with E-state index in [0.717, 1.165) is 40.6 Å². The molecule has 3 rings (SSSR count). The van der Waals surface area contributed by atoms with Crippen LogP contribution in [-0.2, 0) is 4.79 Å². The van der Waals surface area contributed by atoms with E-state index in [1.54, 1.807) is 0 Å². The molecule has 0 spiro atoms. The van der Waals surface area contributed by atoms with E-state index in [4.69, 9.17) is 17.3 Å². The first-order valence-electron chi connectivity index (χ1n) is 9.34. The van der Waals surface area contributed by atoms with Crippen LogP contribution >= 0.6 is 11.6 Å². The first kappa shape index (κ1) is 20.0. The minimum absolute atomic E-state index is 0.0130. The predicted octanol–water partition coefficient (Wildman–Crippen LogP) is 3.03. The Morgan fingerprint density at radius 1 is 1.07 bits per heavy atom. The molecule has 6 nitrogen and oxygen atoms in total. The Morgan fingerprint density at radius 2 is 1.68 bits per heavy atom. The summed E-state index contributed by atoms with van der Waals surface area (Å²) in [6.45, 7) is 7.01. The van der Waals surface area contributed by atoms with Gasteiger partial charge >= 0.3 is 0 Å². The van der Waals surface area contributed by atoms with Crippen molar-refractivity contribution in [2.75, 3.05) is 42.9 Å². The average Bonchev–Trinajstić information content (AvgIpc) is 2.66. The van der Waals surface area contributed by atoms with Gasteiger partial charge in [0, 0.05) is 42.6 Å². The number of anilines is 2. The molecule has 1 aliphatic rings. The number of benzene rings is 2. The van der Waals surface area contributed by atoms with Crippen LogP contribution in [-0.4, -0.2) is 49.5 Å². The monoisotopic (exact) mass is 399 g/mol. The Morgan fingerprint density at radius 3 is 2.29 bits per heavy atom. The molecular formula is C21H26ClN5O. The topological polar surface area (TPSA) is 74.0 Å². The normalized spacial score (nSPS) is 14.9. The Balaban J connectivity index is 1.49. The zero-order chi connectivity index (χ0) is 20.1. The summed E-state index contributed by atoms with van der Waals surface area (Å²) in [5.74, 6) is 0.235. The summed E-state index contributed by atoms with van der Waals surface area (Å²) in [5, 5.41) is 3.78. The second-order valence-electron chi connectivity index (χ2n) is 7.05. The number of guanidine groups is 1. The molecule has 7 heteroatoms. The van der Waals surface area contributed by atoms with Gasteiger partial charge in [0.05, 0.1) is 0 Å². The molecule has 148 valence electrons. The summed E-state index contributed by atoms with van der Waals surface area (Å²) in [7, 11) is 0. The molecule has 0 unspecified atom stereocenters. The van der Waals surface area contributed by atoms with Gasteiger partial charge in [-0.05, 0) is 61.4 Å². The fourth-order valence-electron chi connectivity index (χ4n) is 3.35. The number of amides is 1. The van der Waals surface area contributed by atoms with Gasteiger partial charge in [-0.15, -0.1) is 0 Å². The van der Waals surface area contributed by atoms with Crippen molar-refractivity contribution in [2.24, 2.45) is 10.7 Å². The highest BCUT2D eigenvalue weighted by molar-refractivity contribution is 6.30. The maximum Gasteiger partial charge on any atom is 0.244 e. The fraction of sp³-hybridized carbons (Fsp3) is 0.333. The van der Waals surface area contributed by atoms with Crippen molar-refractivity contribution in [1.29, 1.82) is 0 Å². The molecule has 1 heterocycles. The molecule has 1 amide bonds. The van der Waals surface area contributed by atoms with Gasteiger partial charge in [-0.1, -0.05) is 17.7 Å². The standard InChI is InChI=1S/C21H26ClN5O/c1-15-11-16(2)13-18(12-15)25-21(23)24-14-20(28)27-9-7-26(8-10-27)19-5-3-17(22)4-6-19/h3-6,11-13H,7-10,14H2,1-2H3,(H3,23,24,25). The van der Waals surface area contributed by atoms with Crippen molar-refractivity contribution in [3.63, 3.8) is 0 Å². The molecule has 2 aromatic carbocycles. The Bertz CT molecular complexity index is 837. The highest BCUT2D eigenvalue weighted by Crippen LogP contribution is 2.19. The van der Waals surface area contributed by atoms with E-state index < -0.39 is 0 Å². The summed E-state index contributed by atoms with van der Waals surface area (Å²) in [5.41, 5.74) is 10.2. The number of rotatable bonds is 4. The molecule has 1 aliphatic heterocycles. The lowest BCUT2D eigenvalue weighted by Crippen LogP contribution is -2.49. The number of piperazine rings is 1. The van der Waals surface area contributed by atoms with Crippen LogP contribution in [0.3, 0.4) is 0 Å². The molecule has 3 N–H and O–H groups in total. The number of nitrogens with two attached hydrogens (primary N) is 1. The Hall–Kier alpha value is -2.73. The SMILES string of the molecule is Cc1cc(C)cc(NC(N)=NCC(=O)N2CCN(c3ccc(Cl)cc3)CC2)c1. The lowest BCUT2D eigenvalue weighted by atomic mass is 10.1. The van der Waals surface area contributed by atoms with E-state index in [1.807, 2.05) is 55.1 Å². The molecule has 2 aromatic rings. The molecule has 0 bridgehead atoms. The first-order chi connectivity index (χ1) is 13.4. The molecule has 0 saturated carbocycles. The van der Waals surface area contributed by atoms with Crippen molar-refractivity contribution in [3.8, 4) is 0 Å². The van der Waals surface area contributed by atoms with Crippen molar-refractivity contribution in [1.82, 2.24) is 4.90 Å². The molecule has 1 fully saturated rings. The molecule has 0 aromatic heterocycles. The number of aliphatic imine (C=N–C) groups is 1. The van der Waals surface area contributed by atoms with Gasteiger partial charge < -0.3 is 20.9 Å². The lowest BCUT2D eigenvalue weighted by molar-refractivity contribution is -0.129. The smallest absolute Gasteiger partial charge is 0.244 e. The molecular weight excluding hydrogens is 374 g/mol. The summed E-state index contributed by atoms with van der Waals surface area (Å²) < 4.78 is 0. The van der Waals surface area contributed by atoms with Crippen LogP contribution in [0.5, 0.6) is 0 Å². The second-order valence-corrected chi connectivity index (χ2v) is 7.48. The Kier molecular flexibility index (Phi) is 6.41. The maximum atomic E-state index is 12.5. The van der Waals surface area contributed by atoms with E-state index in [9.17, 15) is 4.79 Å². The third-order valence-electron chi connectivity index (χ3n) is 4.70. The van der Waals surface area contributed by atoms with Crippen molar-refractivity contribution >= 4 is 34.8 Å². The summed E-state index contributed by atoms with van der Waals surface area (Å²) >= 11 is 5.94. The van der Waals surface area contributed by atoms with Crippen molar-refractivity contribution in [3.05, 3.63) is 58.6 Å². The van der Waals surface area contributed by atoms with Crippen LogP contribution in [0, 0.1) is 13.8 Å². The summed E-state index contributed by atoms with van der Waals surface area (Å²) in [6.07, 6.45) is 0. The number of nitrogens with zero attached hydrogens (tertiary/aromatic N) is 3. The minimum Gasteiger partial charge on any atom is -0.370 e. The first-order valence-corrected chi connectivity index (χ1v) is 9.72. The summed E-state index contributed by atoms with van der Waals surface area (Å²) in [6, 6.07) is 13.8. The van der Waals surface area contributed by atoms with Crippen LogP contribution in [0.4, 0.5) is 11.4 Å². The van der Waals surface area contributed by atoms with Gasteiger partial charge in [-0.25, -0.2) is 4.99 Å². The van der Waals surface area contributed by atoms with E-state index in [2.05, 4.69) is 21.3 Å². The predicted molar refractivity (Wildman–Crippen MR) is 116 cm³/mol. The van der Waals surface area contributed by atoms with Gasteiger partial charge in [-0.2, -0.15) is 0 Å². The number of carbonyl (C=O) groups is 1. The highest BCUT2D eigenvalue weighted by atomic mass is 35.5. The number of hydrogen-bond donors (Lipinski definition) is 2. The highest BCUT2D eigenvalue weighted by Gasteiger charge is 2.21. The van der Waals surface area contributed by atoms with E-state index in [0.29, 0.717) is 13.1 Å². The Labute approximate surface area is 171 Å². The third kappa shape index (κ3) is 5.39. The lowest BCUT2D eigenvalue weighted by Gasteiger charge is -2.36. The minimum atomic E-state index is -0.0130. The summed E-state index contributed by atoms with van der Waals surface area (Å²) in [4.78, 5) is 20.7. The van der Waals surface area contributed by atoms with E-state index in [-0.39, 0.29) is 18.4 Å². The fourth-order valence-corrected chi connectivity index (χ4v) is 3.48. The van der Waals surface area contributed by atoms with Crippen LogP contribution in [0.1, 0.15) is 11.1 Å². The van der Waals surface area contributed by atoms with Gasteiger partial charge in [-0.3, -0.25) is 4.79 Å². The number of halogens is 1. The number of hydrogen-bond acceptors (Lipinski definition) is 3. The molecule has 1 saturated heterocycles. The van der Waals surface area contributed by atoms with Crippen LogP contribution in [0.25, 0.3) is 0 Å². The van der Waals surface area contributed by atoms with Gasteiger partial charge in [0.1, 0.15) is 6.54 Å². The quantitative estimate of drug-likeness (QED) is 0.612. The van der Waals surface area contributed by atoms with E-state index >= 15 is 0 Å². The van der Waals surface area contributed by atoms with Crippen LogP contribution in [0.2, 0.25) is 5.02 Å². The molecule has 0 aliphatic carbocycles. The van der Waals surface area contributed by atoms with E-state index in [1.165, 1.54) is 0 Å². The number of aryl methyl sites for hydroxylation is 2. The third-order valence-corrected chi connectivity index (χ3v) is 4.95. The molecule has 0 atom stereocenters. The number of carbonyl (C=O) groups excluding carboxylic acids is 1. The maximum absolute atomic E-state index is 12.5.